The average Bonchev–Trinajstić information content (AvgIpc) is 3.48. The molecule has 0 radical (unpaired) electrons. The number of ether oxygens (including phenoxy) is 1. The predicted molar refractivity (Wildman–Crippen MR) is 126 cm³/mol. The number of pyridine rings is 2. The Labute approximate surface area is 206 Å². The number of aliphatic hydroxyl groups excluding tert-OH is 1. The minimum absolute atomic E-state index is 0.0664. The quantitative estimate of drug-likeness (QED) is 0.216. The molecule has 4 rings (SSSR count). The van der Waals surface area contributed by atoms with Crippen LogP contribution in [0.3, 0.4) is 0 Å². The Morgan fingerprint density at radius 2 is 1.58 bits per heavy atom. The normalized spacial score (nSPS) is 13.0. The summed E-state index contributed by atoms with van der Waals surface area (Å²) in [6.45, 7) is 1.24. The van der Waals surface area contributed by atoms with E-state index in [0.29, 0.717) is 34.1 Å². The van der Waals surface area contributed by atoms with Crippen LogP contribution >= 0.6 is 31.9 Å². The van der Waals surface area contributed by atoms with Gasteiger partial charge in [-0.3, -0.25) is 4.79 Å². The fraction of sp³-hybridized carbons (Fsp3) is 0.227. The van der Waals surface area contributed by atoms with Crippen LogP contribution in [0, 0.1) is 0 Å². The number of aromatic amines is 2. The molecule has 170 valence electrons. The molecule has 9 nitrogen and oxygen atoms in total. The number of carbonyl (C=O) groups excluding carboxylic acids is 1. The molecule has 0 aromatic carbocycles. The number of nitrogens with one attached hydrogen (secondary N) is 2. The van der Waals surface area contributed by atoms with Gasteiger partial charge in [0.25, 0.3) is 0 Å². The van der Waals surface area contributed by atoms with Crippen LogP contribution in [-0.4, -0.2) is 41.0 Å². The summed E-state index contributed by atoms with van der Waals surface area (Å²) < 4.78 is 6.55. The predicted octanol–water partition coefficient (Wildman–Crippen LogP) is 3.58. The lowest BCUT2D eigenvalue weighted by molar-refractivity contribution is -0.142. The Bertz CT molecular complexity index is 1240. The van der Waals surface area contributed by atoms with Crippen molar-refractivity contribution < 1.29 is 14.6 Å². The van der Waals surface area contributed by atoms with Gasteiger partial charge in [-0.1, -0.05) is 12.1 Å². The smallest absolute Gasteiger partial charge is 0.303 e. The number of nitrogens with zero attached hydrogens (tertiary/aromatic N) is 4. The largest absolute Gasteiger partial charge is 0.459 e. The molecule has 1 atom stereocenters. The minimum Gasteiger partial charge on any atom is -0.459 e. The van der Waals surface area contributed by atoms with Crippen molar-refractivity contribution in [3.8, 4) is 0 Å². The fourth-order valence-corrected chi connectivity index (χ4v) is 4.05. The standard InChI is InChI=1S/C22H20Br2N6O3/c1-13(32)33-12-17-10-28-21(30-17)22(15-3-5-19(24)26-8-15,20-27-9-16(11-31)29-20)6-14-2-4-18(23)25-7-14/h2-5,7-10,31H,6,11-12H2,1H3,(H,27,29)(H,28,30). The second kappa shape index (κ2) is 9.94. The summed E-state index contributed by atoms with van der Waals surface area (Å²) in [6.07, 6.45) is 7.21. The van der Waals surface area contributed by atoms with Crippen molar-refractivity contribution >= 4 is 37.8 Å². The molecule has 0 aliphatic rings. The molecule has 0 saturated heterocycles. The minimum atomic E-state index is -0.925. The van der Waals surface area contributed by atoms with E-state index in [2.05, 4.69) is 61.8 Å². The Kier molecular flexibility index (Phi) is 7.01. The van der Waals surface area contributed by atoms with Gasteiger partial charge in [0.1, 0.15) is 32.9 Å². The summed E-state index contributed by atoms with van der Waals surface area (Å²) in [5.74, 6) is 0.775. The third kappa shape index (κ3) is 5.05. The van der Waals surface area contributed by atoms with E-state index in [4.69, 9.17) is 4.74 Å². The van der Waals surface area contributed by atoms with Gasteiger partial charge in [0, 0.05) is 19.3 Å². The summed E-state index contributed by atoms with van der Waals surface area (Å²) in [7, 11) is 0. The molecular weight excluding hydrogens is 556 g/mol. The van der Waals surface area contributed by atoms with Crippen LogP contribution in [0.25, 0.3) is 0 Å². The van der Waals surface area contributed by atoms with Crippen molar-refractivity contribution in [2.24, 2.45) is 0 Å². The van der Waals surface area contributed by atoms with Crippen LogP contribution in [0.2, 0.25) is 0 Å². The van der Waals surface area contributed by atoms with Gasteiger partial charge in [-0.15, -0.1) is 0 Å². The SMILES string of the molecule is CC(=O)OCc1cnc(C(Cc2ccc(Br)nc2)(c2ccc(Br)nc2)c2ncc(CO)[nH]2)[nH]1. The average molecular weight is 576 g/mol. The van der Waals surface area contributed by atoms with Gasteiger partial charge in [-0.2, -0.15) is 0 Å². The molecule has 0 spiro atoms. The first-order valence-electron chi connectivity index (χ1n) is 9.96. The first-order chi connectivity index (χ1) is 15.9. The van der Waals surface area contributed by atoms with E-state index in [1.807, 2.05) is 24.3 Å². The summed E-state index contributed by atoms with van der Waals surface area (Å²) in [5.41, 5.74) is 2.03. The van der Waals surface area contributed by atoms with E-state index in [-0.39, 0.29) is 19.2 Å². The van der Waals surface area contributed by atoms with Gasteiger partial charge in [0.15, 0.2) is 0 Å². The fourth-order valence-electron chi connectivity index (χ4n) is 3.59. The molecule has 0 saturated carbocycles. The Hall–Kier alpha value is -2.89. The number of hydrogen-bond acceptors (Lipinski definition) is 7. The molecule has 0 aliphatic carbocycles. The number of aromatic nitrogens is 6. The van der Waals surface area contributed by atoms with Crippen LogP contribution in [-0.2, 0) is 34.6 Å². The first kappa shape index (κ1) is 23.3. The summed E-state index contributed by atoms with van der Waals surface area (Å²) >= 11 is 6.78. The second-order valence-corrected chi connectivity index (χ2v) is 9.02. The van der Waals surface area contributed by atoms with E-state index in [1.165, 1.54) is 6.92 Å². The van der Waals surface area contributed by atoms with E-state index in [9.17, 15) is 9.90 Å². The monoisotopic (exact) mass is 574 g/mol. The molecule has 33 heavy (non-hydrogen) atoms. The number of aliphatic hydroxyl groups is 1. The third-order valence-electron chi connectivity index (χ3n) is 5.14. The van der Waals surface area contributed by atoms with Gasteiger partial charge < -0.3 is 19.8 Å². The van der Waals surface area contributed by atoms with Crippen molar-refractivity contribution in [2.45, 2.75) is 32.0 Å². The summed E-state index contributed by atoms with van der Waals surface area (Å²) in [4.78, 5) is 35.9. The van der Waals surface area contributed by atoms with Crippen LogP contribution in [0.4, 0.5) is 0 Å². The van der Waals surface area contributed by atoms with Crippen LogP contribution in [0.5, 0.6) is 0 Å². The van der Waals surface area contributed by atoms with Gasteiger partial charge in [0.05, 0.1) is 30.4 Å². The third-order valence-corrected chi connectivity index (χ3v) is 6.08. The maximum Gasteiger partial charge on any atom is 0.303 e. The van der Waals surface area contributed by atoms with Crippen molar-refractivity contribution in [1.29, 1.82) is 0 Å². The zero-order chi connectivity index (χ0) is 23.4. The zero-order valence-corrected chi connectivity index (χ0v) is 20.7. The molecule has 1 unspecified atom stereocenters. The lowest BCUT2D eigenvalue weighted by atomic mass is 9.74. The van der Waals surface area contributed by atoms with E-state index >= 15 is 0 Å². The maximum absolute atomic E-state index is 11.3. The number of H-pyrrole nitrogens is 2. The highest BCUT2D eigenvalue weighted by atomic mass is 79.9. The number of imidazole rings is 2. The molecule has 11 heteroatoms. The van der Waals surface area contributed by atoms with Gasteiger partial charge in [0.2, 0.25) is 0 Å². The van der Waals surface area contributed by atoms with Gasteiger partial charge in [-0.05, 0) is 61.5 Å². The Balaban J connectivity index is 1.91. The number of halogens is 2. The van der Waals surface area contributed by atoms with E-state index in [1.54, 1.807) is 24.8 Å². The number of rotatable bonds is 8. The molecule has 0 amide bonds. The molecule has 0 aliphatic heterocycles. The van der Waals surface area contributed by atoms with Crippen molar-refractivity contribution in [1.82, 2.24) is 29.9 Å². The van der Waals surface area contributed by atoms with Crippen molar-refractivity contribution in [3.63, 3.8) is 0 Å². The molecule has 3 N–H and O–H groups in total. The lowest BCUT2D eigenvalue weighted by Gasteiger charge is -2.31. The highest BCUT2D eigenvalue weighted by molar-refractivity contribution is 9.10. The molecular formula is C22H20Br2N6O3. The van der Waals surface area contributed by atoms with Crippen molar-refractivity contribution in [3.05, 3.63) is 92.4 Å². The summed E-state index contributed by atoms with van der Waals surface area (Å²) in [5, 5.41) is 9.66. The Morgan fingerprint density at radius 3 is 2.12 bits per heavy atom. The first-order valence-corrected chi connectivity index (χ1v) is 11.5. The van der Waals surface area contributed by atoms with Crippen molar-refractivity contribution in [2.75, 3.05) is 0 Å². The molecule has 4 aromatic rings. The number of carbonyl (C=O) groups is 1. The highest BCUT2D eigenvalue weighted by Gasteiger charge is 2.42. The molecule has 4 heterocycles. The lowest BCUT2D eigenvalue weighted by Crippen LogP contribution is -2.35. The second-order valence-electron chi connectivity index (χ2n) is 7.39. The maximum atomic E-state index is 11.3. The topological polar surface area (TPSA) is 130 Å². The molecule has 4 aromatic heterocycles. The van der Waals surface area contributed by atoms with Crippen LogP contribution < -0.4 is 0 Å². The molecule has 0 fully saturated rings. The summed E-state index contributed by atoms with van der Waals surface area (Å²) in [6, 6.07) is 7.63. The van der Waals surface area contributed by atoms with E-state index in [0.717, 1.165) is 15.7 Å². The van der Waals surface area contributed by atoms with E-state index < -0.39 is 5.41 Å². The van der Waals surface area contributed by atoms with Crippen LogP contribution in [0.1, 0.15) is 41.1 Å². The number of hydrogen-bond donors (Lipinski definition) is 3. The van der Waals surface area contributed by atoms with Gasteiger partial charge in [-0.25, -0.2) is 19.9 Å². The number of esters is 1. The molecule has 0 bridgehead atoms. The van der Waals surface area contributed by atoms with Gasteiger partial charge >= 0.3 is 5.97 Å². The highest BCUT2D eigenvalue weighted by Crippen LogP contribution is 2.39. The van der Waals surface area contributed by atoms with Crippen LogP contribution in [0.15, 0.2) is 58.3 Å². The zero-order valence-electron chi connectivity index (χ0n) is 17.5. The Morgan fingerprint density at radius 1 is 0.939 bits per heavy atom.